The highest BCUT2D eigenvalue weighted by Crippen LogP contribution is 2.38. The van der Waals surface area contributed by atoms with Crippen LogP contribution in [0.5, 0.6) is 17.2 Å². The number of hydrogen-bond acceptors (Lipinski definition) is 12. The van der Waals surface area contributed by atoms with Gasteiger partial charge in [-0.15, -0.1) is 10.2 Å². The zero-order valence-electron chi connectivity index (χ0n) is 31.2. The molecule has 0 spiro atoms. The van der Waals surface area contributed by atoms with E-state index < -0.39 is 61.2 Å². The summed E-state index contributed by atoms with van der Waals surface area (Å²) in [5, 5.41) is 35.3. The standard InChI is InChI=1S/C36H39IN8O11S2/c1-54-27-10-4-23(5-11-27)20-44(21-24-6-12-28(55-2)13-7-24)58(52,53)33-31(57(50,51)42-26(18-38-35(46)47)19-39-36(48)49)17-16-30(37)32(33)34-40-43-45(41-34)22-25-8-14-29(56-3)15-9-25/h4-17,26,38-39,42H,18-22H2,1-3H3,(H,46,47)(H,48,49). The van der Waals surface area contributed by atoms with Crippen LogP contribution in [0.1, 0.15) is 16.7 Å². The molecule has 0 fully saturated rings. The van der Waals surface area contributed by atoms with Gasteiger partial charge in [0, 0.05) is 29.7 Å². The van der Waals surface area contributed by atoms with Gasteiger partial charge in [0.25, 0.3) is 0 Å². The van der Waals surface area contributed by atoms with Gasteiger partial charge in [-0.25, -0.2) is 31.1 Å². The van der Waals surface area contributed by atoms with Gasteiger partial charge in [-0.3, -0.25) is 0 Å². The van der Waals surface area contributed by atoms with Gasteiger partial charge in [-0.2, -0.15) is 9.10 Å². The van der Waals surface area contributed by atoms with E-state index in [1.54, 1.807) is 72.8 Å². The Labute approximate surface area is 347 Å². The van der Waals surface area contributed by atoms with E-state index in [-0.39, 0.29) is 34.6 Å². The molecule has 19 nitrogen and oxygen atoms in total. The summed E-state index contributed by atoms with van der Waals surface area (Å²) in [5.41, 5.74) is 1.66. The summed E-state index contributed by atoms with van der Waals surface area (Å²) in [6, 6.07) is 21.4. The van der Waals surface area contributed by atoms with Gasteiger partial charge in [0.1, 0.15) is 27.0 Å². The fourth-order valence-electron chi connectivity index (χ4n) is 5.60. The number of halogens is 1. The van der Waals surface area contributed by atoms with Crippen LogP contribution in [-0.2, 0) is 39.7 Å². The minimum absolute atomic E-state index is 0.116. The van der Waals surface area contributed by atoms with Crippen molar-refractivity contribution < 1.29 is 50.8 Å². The van der Waals surface area contributed by atoms with Crippen molar-refractivity contribution in [1.29, 1.82) is 0 Å². The van der Waals surface area contributed by atoms with E-state index in [1.165, 1.54) is 32.2 Å². The molecule has 0 aliphatic heterocycles. The molecule has 308 valence electrons. The minimum Gasteiger partial charge on any atom is -0.497 e. The van der Waals surface area contributed by atoms with Crippen LogP contribution in [0.3, 0.4) is 0 Å². The lowest BCUT2D eigenvalue weighted by atomic mass is 10.2. The van der Waals surface area contributed by atoms with Crippen LogP contribution >= 0.6 is 22.6 Å². The highest BCUT2D eigenvalue weighted by molar-refractivity contribution is 14.1. The van der Waals surface area contributed by atoms with Gasteiger partial charge in [-0.05, 0) is 93.0 Å². The third kappa shape index (κ3) is 11.1. The second-order valence-electron chi connectivity index (χ2n) is 12.4. The van der Waals surface area contributed by atoms with Crippen molar-refractivity contribution in [1.82, 2.24) is 39.9 Å². The first-order chi connectivity index (χ1) is 27.6. The quantitative estimate of drug-likeness (QED) is 0.0743. The number of sulfonamides is 2. The number of ether oxygens (including phenoxy) is 3. The Kier molecular flexibility index (Phi) is 14.5. The van der Waals surface area contributed by atoms with E-state index in [0.29, 0.717) is 28.4 Å². The maximum absolute atomic E-state index is 15.4. The zero-order chi connectivity index (χ0) is 42.0. The van der Waals surface area contributed by atoms with E-state index >= 15 is 8.42 Å². The lowest BCUT2D eigenvalue weighted by Crippen LogP contribution is -2.49. The van der Waals surface area contributed by atoms with Gasteiger partial charge in [-0.1, -0.05) is 36.4 Å². The molecule has 0 unspecified atom stereocenters. The zero-order valence-corrected chi connectivity index (χ0v) is 35.0. The van der Waals surface area contributed by atoms with Crippen LogP contribution < -0.4 is 29.6 Å². The maximum Gasteiger partial charge on any atom is 0.404 e. The molecule has 58 heavy (non-hydrogen) atoms. The minimum atomic E-state index is -4.91. The summed E-state index contributed by atoms with van der Waals surface area (Å²) in [6.07, 6.45) is -3.01. The molecule has 0 aliphatic rings. The molecule has 1 aromatic heterocycles. The first kappa shape index (κ1) is 43.6. The SMILES string of the molecule is COc1ccc(CN(Cc2ccc(OC)cc2)S(=O)(=O)c2c(S(=O)(=O)NC(CNC(=O)O)CNC(=O)O)ccc(I)c2-c2nnn(Cc3ccc(OC)cc3)n2)cc1. The number of nitrogens with zero attached hydrogens (tertiary/aromatic N) is 5. The summed E-state index contributed by atoms with van der Waals surface area (Å²) in [4.78, 5) is 22.5. The number of rotatable bonds is 19. The number of carboxylic acid groups (broad SMARTS) is 2. The molecule has 0 aliphatic carbocycles. The molecule has 5 N–H and O–H groups in total. The van der Waals surface area contributed by atoms with Gasteiger partial charge >= 0.3 is 12.2 Å². The second-order valence-corrected chi connectivity index (χ2v) is 17.1. The second kappa shape index (κ2) is 19.3. The van der Waals surface area contributed by atoms with Crippen LogP contribution in [0.4, 0.5) is 9.59 Å². The topological polar surface area (TPSA) is 253 Å². The Morgan fingerprint density at radius 2 is 1.21 bits per heavy atom. The molecule has 1 heterocycles. The van der Waals surface area contributed by atoms with Crippen LogP contribution in [0, 0.1) is 3.57 Å². The van der Waals surface area contributed by atoms with E-state index in [4.69, 9.17) is 14.2 Å². The largest absolute Gasteiger partial charge is 0.497 e. The number of benzene rings is 4. The summed E-state index contributed by atoms with van der Waals surface area (Å²) in [7, 11) is -5.29. The molecular formula is C36H39IN8O11S2. The Bertz CT molecular complexity index is 2370. The van der Waals surface area contributed by atoms with E-state index in [0.717, 1.165) is 15.9 Å². The average molecular weight is 951 g/mol. The molecule has 5 rings (SSSR count). The number of aromatic nitrogens is 4. The van der Waals surface area contributed by atoms with E-state index in [2.05, 4.69) is 20.1 Å². The maximum atomic E-state index is 15.4. The first-order valence-corrected chi connectivity index (χ1v) is 21.1. The van der Waals surface area contributed by atoms with Crippen molar-refractivity contribution in [2.75, 3.05) is 34.4 Å². The van der Waals surface area contributed by atoms with Crippen LogP contribution in [-0.4, -0.2) is 104 Å². The summed E-state index contributed by atoms with van der Waals surface area (Å²) >= 11 is 1.86. The fourth-order valence-corrected chi connectivity index (χ4v) is 10.1. The van der Waals surface area contributed by atoms with Gasteiger partial charge in [0.15, 0.2) is 0 Å². The number of amides is 2. The van der Waals surface area contributed by atoms with Crippen molar-refractivity contribution >= 4 is 54.8 Å². The van der Waals surface area contributed by atoms with E-state index in [9.17, 15) is 28.2 Å². The van der Waals surface area contributed by atoms with Gasteiger partial charge < -0.3 is 35.1 Å². The molecular weight excluding hydrogens is 911 g/mol. The molecule has 2 amide bonds. The fraction of sp³-hybridized carbons (Fsp3) is 0.250. The smallest absolute Gasteiger partial charge is 0.404 e. The Balaban J connectivity index is 1.70. The summed E-state index contributed by atoms with van der Waals surface area (Å²) in [6.45, 7) is -1.50. The Morgan fingerprint density at radius 3 is 1.66 bits per heavy atom. The number of hydrogen-bond donors (Lipinski definition) is 5. The first-order valence-electron chi connectivity index (χ1n) is 17.1. The molecule has 0 bridgehead atoms. The van der Waals surface area contributed by atoms with Crippen molar-refractivity contribution in [2.24, 2.45) is 0 Å². The summed E-state index contributed by atoms with van der Waals surface area (Å²) < 4.78 is 79.0. The molecule has 0 atom stereocenters. The highest BCUT2D eigenvalue weighted by atomic mass is 127. The van der Waals surface area contributed by atoms with Crippen molar-refractivity contribution in [3.05, 3.63) is 105 Å². The molecule has 0 saturated heterocycles. The lowest BCUT2D eigenvalue weighted by Gasteiger charge is -2.26. The lowest BCUT2D eigenvalue weighted by molar-refractivity contribution is 0.191. The number of carbonyl (C=O) groups is 2. The van der Waals surface area contributed by atoms with Crippen molar-refractivity contribution in [3.63, 3.8) is 0 Å². The Morgan fingerprint density at radius 1 is 0.741 bits per heavy atom. The Hall–Kier alpha value is -5.56. The number of methoxy groups -OCH3 is 3. The normalized spacial score (nSPS) is 11.7. The van der Waals surface area contributed by atoms with Crippen LogP contribution in [0.15, 0.2) is 94.7 Å². The van der Waals surface area contributed by atoms with Crippen molar-refractivity contribution in [2.45, 2.75) is 35.5 Å². The molecule has 5 aromatic rings. The van der Waals surface area contributed by atoms with Gasteiger partial charge in [0.05, 0.1) is 39.5 Å². The highest BCUT2D eigenvalue weighted by Gasteiger charge is 2.38. The third-order valence-electron chi connectivity index (χ3n) is 8.47. The van der Waals surface area contributed by atoms with E-state index in [1.807, 2.05) is 33.2 Å². The molecule has 22 heteroatoms. The average Bonchev–Trinajstić information content (AvgIpc) is 3.66. The predicted molar refractivity (Wildman–Crippen MR) is 217 cm³/mol. The number of tetrazole rings is 1. The van der Waals surface area contributed by atoms with Gasteiger partial charge in [0.2, 0.25) is 25.9 Å². The van der Waals surface area contributed by atoms with Crippen LogP contribution in [0.2, 0.25) is 0 Å². The monoisotopic (exact) mass is 950 g/mol. The van der Waals surface area contributed by atoms with Crippen molar-refractivity contribution in [3.8, 4) is 28.6 Å². The number of nitrogens with one attached hydrogen (secondary N) is 3. The third-order valence-corrected chi connectivity index (χ3v) is 12.9. The molecule has 4 aromatic carbocycles. The molecule has 0 radical (unpaired) electrons. The predicted octanol–water partition coefficient (Wildman–Crippen LogP) is 3.59. The molecule has 0 saturated carbocycles. The van der Waals surface area contributed by atoms with Crippen LogP contribution in [0.25, 0.3) is 11.4 Å². The summed E-state index contributed by atoms with van der Waals surface area (Å²) in [5.74, 6) is 1.47.